The van der Waals surface area contributed by atoms with Gasteiger partial charge in [0.05, 0.1) is 12.4 Å². The van der Waals surface area contributed by atoms with Gasteiger partial charge in [0.2, 0.25) is 17.7 Å². The maximum atomic E-state index is 12.5. The van der Waals surface area contributed by atoms with Gasteiger partial charge < -0.3 is 31.8 Å². The molecule has 3 amide bonds. The summed E-state index contributed by atoms with van der Waals surface area (Å²) in [4.78, 5) is 55.5. The van der Waals surface area contributed by atoms with Crippen molar-refractivity contribution < 1.29 is 24.3 Å². The molecule has 2 aromatic rings. The molecule has 0 spiro atoms. The number of nitrogens with one attached hydrogen (secondary N) is 4. The number of hydrogen-bond acceptors (Lipinski definition) is 7. The Labute approximate surface area is 196 Å². The van der Waals surface area contributed by atoms with Gasteiger partial charge in [0.15, 0.2) is 0 Å². The van der Waals surface area contributed by atoms with Gasteiger partial charge in [-0.25, -0.2) is 9.78 Å². The van der Waals surface area contributed by atoms with Crippen LogP contribution in [0.25, 0.3) is 0 Å². The Bertz CT molecular complexity index is 940. The second-order valence-corrected chi connectivity index (χ2v) is 7.82. The Morgan fingerprint density at radius 1 is 1.03 bits per heavy atom. The first-order valence-electron chi connectivity index (χ1n) is 10.2. The van der Waals surface area contributed by atoms with Gasteiger partial charge in [-0.3, -0.25) is 14.4 Å². The zero-order valence-corrected chi connectivity index (χ0v) is 18.9. The number of aromatic nitrogens is 2. The van der Waals surface area contributed by atoms with E-state index in [0.29, 0.717) is 12.1 Å². The van der Waals surface area contributed by atoms with Crippen molar-refractivity contribution in [1.29, 1.82) is 0 Å². The van der Waals surface area contributed by atoms with Gasteiger partial charge in [-0.2, -0.15) is 12.6 Å². The molecule has 178 valence electrons. The molecule has 4 atom stereocenters. The highest BCUT2D eigenvalue weighted by atomic mass is 32.1. The molecular formula is C21H28N6O5S. The average molecular weight is 477 g/mol. The number of rotatable bonds is 12. The Kier molecular flexibility index (Phi) is 9.88. The van der Waals surface area contributed by atoms with Crippen LogP contribution in [0.2, 0.25) is 0 Å². The maximum Gasteiger partial charge on any atom is 0.326 e. The predicted octanol–water partition coefficient (Wildman–Crippen LogP) is -0.989. The third-order valence-electron chi connectivity index (χ3n) is 4.80. The minimum absolute atomic E-state index is 0.0138. The van der Waals surface area contributed by atoms with Crippen LogP contribution >= 0.6 is 12.6 Å². The summed E-state index contributed by atoms with van der Waals surface area (Å²) in [6.45, 7) is 1.45. The highest BCUT2D eigenvalue weighted by molar-refractivity contribution is 7.80. The van der Waals surface area contributed by atoms with E-state index in [-0.39, 0.29) is 12.2 Å². The third kappa shape index (κ3) is 8.24. The highest BCUT2D eigenvalue weighted by Gasteiger charge is 2.28. The summed E-state index contributed by atoms with van der Waals surface area (Å²) >= 11 is 4.07. The summed E-state index contributed by atoms with van der Waals surface area (Å²) < 4.78 is 0. The van der Waals surface area contributed by atoms with Crippen molar-refractivity contribution in [2.45, 2.75) is 43.9 Å². The lowest BCUT2D eigenvalue weighted by Gasteiger charge is -2.22. The molecule has 0 aliphatic heterocycles. The fourth-order valence-electron chi connectivity index (χ4n) is 2.93. The molecular weight excluding hydrogens is 448 g/mol. The standard InChI is InChI=1S/C21H28N6O5S/c1-12(25-19(29)15(22)7-13-5-3-2-4-6-13)18(28)27-17(10-33)20(30)26-16(21(31)32)8-14-9-23-11-24-14/h2-6,9,11-12,15-17,33H,7-8,10,22H2,1H3,(H,23,24)(H,25,29)(H,26,30)(H,27,28)(H,31,32). The first-order valence-corrected chi connectivity index (χ1v) is 10.9. The number of aliphatic carboxylic acids is 1. The quantitative estimate of drug-likeness (QED) is 0.192. The van der Waals surface area contributed by atoms with E-state index in [1.54, 1.807) is 0 Å². The number of carbonyl (C=O) groups excluding carboxylic acids is 3. The summed E-state index contributed by atoms with van der Waals surface area (Å²) in [5, 5.41) is 16.8. The van der Waals surface area contributed by atoms with Gasteiger partial charge in [0, 0.05) is 24.1 Å². The van der Waals surface area contributed by atoms with Crippen molar-refractivity contribution in [3.05, 3.63) is 54.1 Å². The Balaban J connectivity index is 1.89. The van der Waals surface area contributed by atoms with Crippen LogP contribution in [0.1, 0.15) is 18.2 Å². The Hall–Kier alpha value is -3.38. The van der Waals surface area contributed by atoms with Crippen LogP contribution in [-0.4, -0.2) is 68.7 Å². The lowest BCUT2D eigenvalue weighted by Crippen LogP contribution is -2.57. The first kappa shape index (κ1) is 25.9. The number of aromatic amines is 1. The minimum Gasteiger partial charge on any atom is -0.480 e. The van der Waals surface area contributed by atoms with E-state index < -0.39 is 47.9 Å². The van der Waals surface area contributed by atoms with Crippen LogP contribution in [0.5, 0.6) is 0 Å². The minimum atomic E-state index is -1.24. The van der Waals surface area contributed by atoms with Crippen LogP contribution < -0.4 is 21.7 Å². The number of nitrogens with zero attached hydrogens (tertiary/aromatic N) is 1. The smallest absolute Gasteiger partial charge is 0.326 e. The van der Waals surface area contributed by atoms with Crippen LogP contribution in [0.4, 0.5) is 0 Å². The summed E-state index contributed by atoms with van der Waals surface area (Å²) in [6, 6.07) is 5.04. The van der Waals surface area contributed by atoms with Gasteiger partial charge >= 0.3 is 5.97 Å². The second-order valence-electron chi connectivity index (χ2n) is 7.45. The summed E-state index contributed by atoms with van der Waals surface area (Å²) in [6.07, 6.45) is 3.14. The molecule has 1 heterocycles. The molecule has 33 heavy (non-hydrogen) atoms. The van der Waals surface area contributed by atoms with Crippen molar-refractivity contribution in [3.63, 3.8) is 0 Å². The number of amides is 3. The number of hydrogen-bond donors (Lipinski definition) is 7. The molecule has 4 unspecified atom stereocenters. The van der Waals surface area contributed by atoms with Crippen LogP contribution in [0.15, 0.2) is 42.9 Å². The third-order valence-corrected chi connectivity index (χ3v) is 5.16. The molecule has 0 saturated carbocycles. The molecule has 7 N–H and O–H groups in total. The van der Waals surface area contributed by atoms with Crippen molar-refractivity contribution in [2.75, 3.05) is 5.75 Å². The highest BCUT2D eigenvalue weighted by Crippen LogP contribution is 2.03. The van der Waals surface area contributed by atoms with Crippen LogP contribution in [0.3, 0.4) is 0 Å². The second kappa shape index (κ2) is 12.6. The number of nitrogens with two attached hydrogens (primary N) is 1. The van der Waals surface area contributed by atoms with E-state index in [1.807, 2.05) is 30.3 Å². The molecule has 11 nitrogen and oxygen atoms in total. The van der Waals surface area contributed by atoms with Crippen molar-refractivity contribution >= 4 is 36.3 Å². The van der Waals surface area contributed by atoms with E-state index in [4.69, 9.17) is 5.73 Å². The van der Waals surface area contributed by atoms with Gasteiger partial charge in [-0.05, 0) is 18.9 Å². The van der Waals surface area contributed by atoms with Gasteiger partial charge in [-0.1, -0.05) is 30.3 Å². The number of thiol groups is 1. The maximum absolute atomic E-state index is 12.5. The SMILES string of the molecule is CC(NC(=O)C(N)Cc1ccccc1)C(=O)NC(CS)C(=O)NC(Cc1cnc[nH]1)C(=O)O. The fourth-order valence-corrected chi connectivity index (χ4v) is 3.18. The number of benzene rings is 1. The lowest BCUT2D eigenvalue weighted by molar-refractivity contribution is -0.142. The molecule has 12 heteroatoms. The first-order chi connectivity index (χ1) is 15.7. The molecule has 0 bridgehead atoms. The molecule has 0 aliphatic carbocycles. The summed E-state index contributed by atoms with van der Waals surface area (Å²) in [7, 11) is 0. The predicted molar refractivity (Wildman–Crippen MR) is 123 cm³/mol. The van der Waals surface area contributed by atoms with Crippen molar-refractivity contribution in [2.24, 2.45) is 5.73 Å². The normalized spacial score (nSPS) is 14.4. The van der Waals surface area contributed by atoms with Gasteiger partial charge in [-0.15, -0.1) is 0 Å². The topological polar surface area (TPSA) is 179 Å². The fraction of sp³-hybridized carbons (Fsp3) is 0.381. The molecule has 0 saturated heterocycles. The number of imidazole rings is 1. The zero-order valence-electron chi connectivity index (χ0n) is 18.0. The van der Waals surface area contributed by atoms with E-state index >= 15 is 0 Å². The van der Waals surface area contributed by atoms with E-state index in [1.165, 1.54) is 19.4 Å². The van der Waals surface area contributed by atoms with E-state index in [0.717, 1.165) is 5.56 Å². The van der Waals surface area contributed by atoms with Gasteiger partial charge in [0.25, 0.3) is 0 Å². The average Bonchev–Trinajstić information content (AvgIpc) is 3.30. The zero-order chi connectivity index (χ0) is 24.4. The Morgan fingerprint density at radius 3 is 2.27 bits per heavy atom. The van der Waals surface area contributed by atoms with Crippen LogP contribution in [-0.2, 0) is 32.0 Å². The largest absolute Gasteiger partial charge is 0.480 e. The van der Waals surface area contributed by atoms with E-state index in [2.05, 4.69) is 38.5 Å². The van der Waals surface area contributed by atoms with E-state index in [9.17, 15) is 24.3 Å². The number of H-pyrrole nitrogens is 1. The number of carbonyl (C=O) groups is 4. The number of carboxylic acids is 1. The molecule has 1 aromatic carbocycles. The summed E-state index contributed by atoms with van der Waals surface area (Å²) in [5.74, 6) is -3.19. The summed E-state index contributed by atoms with van der Waals surface area (Å²) in [5.41, 5.74) is 7.34. The molecule has 0 radical (unpaired) electrons. The molecule has 0 fully saturated rings. The Morgan fingerprint density at radius 2 is 1.70 bits per heavy atom. The molecule has 2 rings (SSSR count). The lowest BCUT2D eigenvalue weighted by atomic mass is 10.1. The molecule has 1 aromatic heterocycles. The van der Waals surface area contributed by atoms with Crippen molar-refractivity contribution in [1.82, 2.24) is 25.9 Å². The molecule has 0 aliphatic rings. The van der Waals surface area contributed by atoms with Gasteiger partial charge in [0.1, 0.15) is 18.1 Å². The monoisotopic (exact) mass is 476 g/mol. The number of carboxylic acid groups (broad SMARTS) is 1. The van der Waals surface area contributed by atoms with Crippen molar-refractivity contribution in [3.8, 4) is 0 Å². The van der Waals surface area contributed by atoms with Crippen LogP contribution in [0, 0.1) is 0 Å².